The van der Waals surface area contributed by atoms with Gasteiger partial charge >= 0.3 is 0 Å². The average Bonchev–Trinajstić information content (AvgIpc) is 2.66. The van der Waals surface area contributed by atoms with Gasteiger partial charge in [-0.3, -0.25) is 4.79 Å². The topological polar surface area (TPSA) is 59.6 Å². The molecule has 1 atom stereocenters. The molecule has 6 heteroatoms. The summed E-state index contributed by atoms with van der Waals surface area (Å²) in [6, 6.07) is 13.8. The monoisotopic (exact) mass is 420 g/mol. The van der Waals surface area contributed by atoms with E-state index in [0.717, 1.165) is 33.5 Å². The van der Waals surface area contributed by atoms with E-state index in [2.05, 4.69) is 26.6 Å². The quantitative estimate of drug-likeness (QED) is 0.651. The lowest BCUT2D eigenvalue weighted by atomic mass is 10.1. The van der Waals surface area contributed by atoms with Crippen LogP contribution in [0.2, 0.25) is 0 Å². The van der Waals surface area contributed by atoms with Crippen molar-refractivity contribution in [1.29, 1.82) is 0 Å². The van der Waals surface area contributed by atoms with Gasteiger partial charge in [0.25, 0.3) is 0 Å². The van der Waals surface area contributed by atoms with Gasteiger partial charge in [-0.15, -0.1) is 0 Å². The summed E-state index contributed by atoms with van der Waals surface area (Å²) in [6.07, 6.45) is 0.733. The Morgan fingerprint density at radius 1 is 1.12 bits per heavy atom. The maximum Gasteiger partial charge on any atom is 0.233 e. The summed E-state index contributed by atoms with van der Waals surface area (Å²) < 4.78 is 11.4. The van der Waals surface area contributed by atoms with E-state index in [9.17, 15) is 4.79 Å². The number of benzene rings is 2. The highest BCUT2D eigenvalue weighted by Gasteiger charge is 2.10. The van der Waals surface area contributed by atoms with Crippen molar-refractivity contribution in [2.24, 2.45) is 0 Å². The highest BCUT2D eigenvalue weighted by atomic mass is 79.9. The lowest BCUT2D eigenvalue weighted by Gasteiger charge is -2.15. The van der Waals surface area contributed by atoms with E-state index in [-0.39, 0.29) is 18.5 Å². The highest BCUT2D eigenvalue weighted by Crippen LogP contribution is 2.27. The third-order valence-electron chi connectivity index (χ3n) is 4.15. The van der Waals surface area contributed by atoms with Gasteiger partial charge in [0.05, 0.1) is 25.2 Å². The predicted octanol–water partition coefficient (Wildman–Crippen LogP) is 3.48. The van der Waals surface area contributed by atoms with E-state index in [0.29, 0.717) is 6.54 Å². The normalized spacial score (nSPS) is 11.7. The zero-order valence-electron chi connectivity index (χ0n) is 15.3. The van der Waals surface area contributed by atoms with Crippen molar-refractivity contribution in [2.45, 2.75) is 19.4 Å². The summed E-state index contributed by atoms with van der Waals surface area (Å²) in [4.78, 5) is 12.1. The van der Waals surface area contributed by atoms with Crippen molar-refractivity contribution in [3.63, 3.8) is 0 Å². The maximum absolute atomic E-state index is 12.1. The van der Waals surface area contributed by atoms with Crippen LogP contribution in [0.25, 0.3) is 0 Å². The fraction of sp³-hybridized carbons (Fsp3) is 0.350. The Balaban J connectivity index is 1.77. The molecule has 26 heavy (non-hydrogen) atoms. The highest BCUT2D eigenvalue weighted by molar-refractivity contribution is 9.10. The van der Waals surface area contributed by atoms with Crippen LogP contribution in [0.5, 0.6) is 11.5 Å². The third-order valence-corrected chi connectivity index (χ3v) is 4.77. The van der Waals surface area contributed by atoms with Crippen LogP contribution < -0.4 is 20.1 Å². The molecular formula is C20H25BrN2O3. The molecule has 2 rings (SSSR count). The number of hydrogen-bond donors (Lipinski definition) is 2. The molecule has 0 heterocycles. The van der Waals surface area contributed by atoms with E-state index < -0.39 is 0 Å². The summed E-state index contributed by atoms with van der Waals surface area (Å²) in [5.41, 5.74) is 2.17. The molecule has 1 unspecified atom stereocenters. The Labute approximate surface area is 163 Å². The first-order valence-corrected chi connectivity index (χ1v) is 9.30. The second-order valence-corrected chi connectivity index (χ2v) is 6.76. The smallest absolute Gasteiger partial charge is 0.233 e. The van der Waals surface area contributed by atoms with Crippen molar-refractivity contribution < 1.29 is 14.3 Å². The maximum atomic E-state index is 12.1. The molecule has 2 aromatic rings. The number of methoxy groups -OCH3 is 2. The lowest BCUT2D eigenvalue weighted by molar-refractivity contribution is -0.120. The molecule has 5 nitrogen and oxygen atoms in total. The largest absolute Gasteiger partial charge is 0.496 e. The molecule has 0 spiro atoms. The lowest BCUT2D eigenvalue weighted by Crippen LogP contribution is -2.36. The minimum atomic E-state index is -0.0284. The molecule has 0 saturated heterocycles. The van der Waals surface area contributed by atoms with Gasteiger partial charge < -0.3 is 20.1 Å². The number of nitrogens with one attached hydrogen (secondary N) is 2. The predicted molar refractivity (Wildman–Crippen MR) is 107 cm³/mol. The molecule has 0 radical (unpaired) electrons. The first-order valence-electron chi connectivity index (χ1n) is 8.50. The van der Waals surface area contributed by atoms with E-state index in [4.69, 9.17) is 9.47 Å². The van der Waals surface area contributed by atoms with E-state index in [1.807, 2.05) is 49.4 Å². The summed E-state index contributed by atoms with van der Waals surface area (Å²) in [5.74, 6) is 1.60. The minimum absolute atomic E-state index is 0.0284. The summed E-state index contributed by atoms with van der Waals surface area (Å²) >= 11 is 3.48. The van der Waals surface area contributed by atoms with E-state index in [1.54, 1.807) is 14.2 Å². The molecular weight excluding hydrogens is 396 g/mol. The number of halogens is 1. The average molecular weight is 421 g/mol. The number of para-hydroxylation sites is 1. The van der Waals surface area contributed by atoms with Gasteiger partial charge in [0.15, 0.2) is 0 Å². The van der Waals surface area contributed by atoms with Crippen LogP contribution in [0, 0.1) is 0 Å². The summed E-state index contributed by atoms with van der Waals surface area (Å²) in [5, 5.41) is 6.17. The van der Waals surface area contributed by atoms with E-state index >= 15 is 0 Å². The second-order valence-electron chi connectivity index (χ2n) is 5.91. The summed E-state index contributed by atoms with van der Waals surface area (Å²) in [6.45, 7) is 2.86. The Morgan fingerprint density at radius 2 is 1.85 bits per heavy atom. The number of amides is 1. The van der Waals surface area contributed by atoms with Crippen LogP contribution in [0.3, 0.4) is 0 Å². The van der Waals surface area contributed by atoms with Crippen LogP contribution in [0.1, 0.15) is 24.1 Å². The first kappa shape index (κ1) is 20.3. The first-order chi connectivity index (χ1) is 12.5. The van der Waals surface area contributed by atoms with Crippen molar-refractivity contribution in [3.8, 4) is 11.5 Å². The van der Waals surface area contributed by atoms with Crippen LogP contribution >= 0.6 is 15.9 Å². The fourth-order valence-electron chi connectivity index (χ4n) is 2.62. The molecule has 0 aliphatic heterocycles. The summed E-state index contributed by atoms with van der Waals surface area (Å²) in [7, 11) is 3.29. The molecule has 0 aliphatic rings. The van der Waals surface area contributed by atoms with Gasteiger partial charge in [-0.1, -0.05) is 24.3 Å². The third kappa shape index (κ3) is 5.75. The Hall–Kier alpha value is -2.05. The SMILES string of the molecule is COc1ccc(C(C)NCC(=O)NCCc2ccccc2OC)cc1Br. The van der Waals surface area contributed by atoms with Crippen molar-refractivity contribution in [1.82, 2.24) is 10.6 Å². The van der Waals surface area contributed by atoms with E-state index in [1.165, 1.54) is 0 Å². The van der Waals surface area contributed by atoms with Gasteiger partial charge in [0.1, 0.15) is 11.5 Å². The Morgan fingerprint density at radius 3 is 2.54 bits per heavy atom. The molecule has 140 valence electrons. The van der Waals surface area contributed by atoms with Gasteiger partial charge in [-0.2, -0.15) is 0 Å². The molecule has 0 fully saturated rings. The van der Waals surface area contributed by atoms with Crippen LogP contribution in [0.4, 0.5) is 0 Å². The van der Waals surface area contributed by atoms with Crippen molar-refractivity contribution in [3.05, 3.63) is 58.1 Å². The van der Waals surface area contributed by atoms with Gasteiger partial charge in [0, 0.05) is 12.6 Å². The standard InChI is InChI=1S/C20H25BrN2O3/c1-14(16-8-9-19(26-3)17(21)12-16)23-13-20(24)22-11-10-15-6-4-5-7-18(15)25-2/h4-9,12,14,23H,10-11,13H2,1-3H3,(H,22,24). The zero-order valence-corrected chi connectivity index (χ0v) is 16.9. The molecule has 0 bridgehead atoms. The zero-order chi connectivity index (χ0) is 18.9. The number of rotatable bonds is 9. The number of carbonyl (C=O) groups excluding carboxylic acids is 1. The molecule has 0 aliphatic carbocycles. The Bertz CT molecular complexity index is 737. The number of hydrogen-bond acceptors (Lipinski definition) is 4. The van der Waals surface area contributed by atoms with Gasteiger partial charge in [-0.05, 0) is 58.6 Å². The molecule has 0 aromatic heterocycles. The van der Waals surface area contributed by atoms with Crippen LogP contribution in [-0.2, 0) is 11.2 Å². The van der Waals surface area contributed by atoms with Gasteiger partial charge in [-0.25, -0.2) is 0 Å². The van der Waals surface area contributed by atoms with Crippen LogP contribution in [-0.4, -0.2) is 33.2 Å². The number of ether oxygens (including phenoxy) is 2. The molecule has 1 amide bonds. The second kappa shape index (κ2) is 10.2. The minimum Gasteiger partial charge on any atom is -0.496 e. The number of carbonyl (C=O) groups is 1. The fourth-order valence-corrected chi connectivity index (χ4v) is 3.18. The Kier molecular flexibility index (Phi) is 7.94. The van der Waals surface area contributed by atoms with Crippen molar-refractivity contribution >= 4 is 21.8 Å². The molecule has 2 N–H and O–H groups in total. The molecule has 2 aromatic carbocycles. The van der Waals surface area contributed by atoms with Crippen LogP contribution in [0.15, 0.2) is 46.9 Å². The molecule has 0 saturated carbocycles. The van der Waals surface area contributed by atoms with Gasteiger partial charge in [0.2, 0.25) is 5.91 Å². The van der Waals surface area contributed by atoms with Crippen molar-refractivity contribution in [2.75, 3.05) is 27.3 Å².